The third kappa shape index (κ3) is 1.50. The van der Waals surface area contributed by atoms with E-state index in [1.54, 1.807) is 7.11 Å². The van der Waals surface area contributed by atoms with Crippen LogP contribution in [-0.2, 0) is 5.60 Å². The SMILES string of the molecule is COc1ccccc1[C@](C)(O)C1CC1. The first-order valence-corrected chi connectivity index (χ1v) is 5.02. The molecule has 0 heterocycles. The molecule has 0 aliphatic heterocycles. The molecule has 0 spiro atoms. The number of hydrogen-bond donors (Lipinski definition) is 1. The van der Waals surface area contributed by atoms with Gasteiger partial charge in [-0.3, -0.25) is 0 Å². The third-order valence-electron chi connectivity index (χ3n) is 3.02. The van der Waals surface area contributed by atoms with Crippen LogP contribution in [0.4, 0.5) is 0 Å². The van der Waals surface area contributed by atoms with E-state index in [0.717, 1.165) is 24.2 Å². The molecule has 0 unspecified atom stereocenters. The summed E-state index contributed by atoms with van der Waals surface area (Å²) < 4.78 is 5.25. The fraction of sp³-hybridized carbons (Fsp3) is 0.500. The number of aliphatic hydroxyl groups is 1. The van der Waals surface area contributed by atoms with Crippen LogP contribution < -0.4 is 4.74 Å². The van der Waals surface area contributed by atoms with Gasteiger partial charge in [0, 0.05) is 5.56 Å². The van der Waals surface area contributed by atoms with Gasteiger partial charge < -0.3 is 9.84 Å². The summed E-state index contributed by atoms with van der Waals surface area (Å²) in [5.74, 6) is 1.18. The number of benzene rings is 1. The van der Waals surface area contributed by atoms with Gasteiger partial charge in [-0.25, -0.2) is 0 Å². The minimum atomic E-state index is -0.730. The Morgan fingerprint density at radius 1 is 1.36 bits per heavy atom. The molecule has 1 N–H and O–H groups in total. The molecule has 1 aromatic rings. The number of ether oxygens (including phenoxy) is 1. The molecule has 1 aliphatic rings. The first kappa shape index (κ1) is 9.53. The number of para-hydroxylation sites is 1. The Balaban J connectivity index is 2.38. The van der Waals surface area contributed by atoms with Gasteiger partial charge in [-0.1, -0.05) is 18.2 Å². The number of methoxy groups -OCH3 is 1. The molecular weight excluding hydrogens is 176 g/mol. The summed E-state index contributed by atoms with van der Waals surface area (Å²) >= 11 is 0. The molecule has 1 saturated carbocycles. The molecule has 2 nitrogen and oxygen atoms in total. The highest BCUT2D eigenvalue weighted by Gasteiger charge is 2.42. The molecule has 1 aliphatic carbocycles. The smallest absolute Gasteiger partial charge is 0.124 e. The lowest BCUT2D eigenvalue weighted by atomic mass is 9.90. The van der Waals surface area contributed by atoms with Crippen molar-refractivity contribution in [1.29, 1.82) is 0 Å². The lowest BCUT2D eigenvalue weighted by Crippen LogP contribution is -2.24. The highest BCUT2D eigenvalue weighted by Crippen LogP contribution is 2.47. The van der Waals surface area contributed by atoms with Crippen LogP contribution in [0.2, 0.25) is 0 Å². The van der Waals surface area contributed by atoms with Crippen molar-refractivity contribution in [3.8, 4) is 5.75 Å². The minimum absolute atomic E-state index is 0.402. The molecular formula is C12H16O2. The van der Waals surface area contributed by atoms with Crippen LogP contribution in [0.25, 0.3) is 0 Å². The Kier molecular flexibility index (Phi) is 2.23. The van der Waals surface area contributed by atoms with Gasteiger partial charge >= 0.3 is 0 Å². The quantitative estimate of drug-likeness (QED) is 0.796. The van der Waals surface area contributed by atoms with E-state index in [4.69, 9.17) is 4.74 Å². The van der Waals surface area contributed by atoms with Crippen LogP contribution in [0.1, 0.15) is 25.3 Å². The van der Waals surface area contributed by atoms with E-state index in [2.05, 4.69) is 0 Å². The summed E-state index contributed by atoms with van der Waals surface area (Å²) in [4.78, 5) is 0. The Labute approximate surface area is 84.5 Å². The zero-order valence-electron chi connectivity index (χ0n) is 8.66. The van der Waals surface area contributed by atoms with Gasteiger partial charge in [-0.2, -0.15) is 0 Å². The second kappa shape index (κ2) is 3.28. The molecule has 1 atom stereocenters. The van der Waals surface area contributed by atoms with Crippen LogP contribution in [0.5, 0.6) is 5.75 Å². The van der Waals surface area contributed by atoms with Crippen molar-refractivity contribution in [2.45, 2.75) is 25.4 Å². The standard InChI is InChI=1S/C12H16O2/c1-12(13,9-7-8-9)10-5-3-4-6-11(10)14-2/h3-6,9,13H,7-8H2,1-2H3/t12-/m1/s1. The van der Waals surface area contributed by atoms with Crippen LogP contribution in [0.3, 0.4) is 0 Å². The van der Waals surface area contributed by atoms with Crippen LogP contribution in [0.15, 0.2) is 24.3 Å². The summed E-state index contributed by atoms with van der Waals surface area (Å²) in [5.41, 5.74) is 0.178. The average molecular weight is 192 g/mol. The zero-order chi connectivity index (χ0) is 10.2. The molecule has 76 valence electrons. The van der Waals surface area contributed by atoms with Crippen molar-refractivity contribution in [2.75, 3.05) is 7.11 Å². The highest BCUT2D eigenvalue weighted by atomic mass is 16.5. The Hall–Kier alpha value is -1.02. The maximum atomic E-state index is 10.4. The summed E-state index contributed by atoms with van der Waals surface area (Å²) in [6, 6.07) is 7.70. The molecule has 2 heteroatoms. The lowest BCUT2D eigenvalue weighted by Gasteiger charge is -2.25. The van der Waals surface area contributed by atoms with Gasteiger partial charge in [0.15, 0.2) is 0 Å². The Morgan fingerprint density at radius 2 is 2.00 bits per heavy atom. The minimum Gasteiger partial charge on any atom is -0.496 e. The predicted octanol–water partition coefficient (Wildman–Crippen LogP) is 2.31. The fourth-order valence-electron chi connectivity index (χ4n) is 1.93. The van der Waals surface area contributed by atoms with Crippen LogP contribution in [0, 0.1) is 5.92 Å². The summed E-state index contributed by atoms with van der Waals surface area (Å²) in [7, 11) is 1.64. The first-order chi connectivity index (χ1) is 6.66. The normalized spacial score (nSPS) is 20.2. The molecule has 1 aromatic carbocycles. The number of rotatable bonds is 3. The van der Waals surface area contributed by atoms with Gasteiger partial charge in [0.05, 0.1) is 12.7 Å². The summed E-state index contributed by atoms with van der Waals surface area (Å²) in [6.45, 7) is 1.88. The second-order valence-corrected chi connectivity index (χ2v) is 4.12. The molecule has 2 rings (SSSR count). The van der Waals surface area contributed by atoms with Gasteiger partial charge in [-0.15, -0.1) is 0 Å². The van der Waals surface area contributed by atoms with Crippen molar-refractivity contribution >= 4 is 0 Å². The maximum Gasteiger partial charge on any atom is 0.124 e. The number of hydrogen-bond acceptors (Lipinski definition) is 2. The van der Waals surface area contributed by atoms with E-state index in [-0.39, 0.29) is 0 Å². The average Bonchev–Trinajstić information content (AvgIpc) is 3.01. The maximum absolute atomic E-state index is 10.4. The van der Waals surface area contributed by atoms with Crippen molar-refractivity contribution in [3.05, 3.63) is 29.8 Å². The van der Waals surface area contributed by atoms with Crippen LogP contribution >= 0.6 is 0 Å². The van der Waals surface area contributed by atoms with Gasteiger partial charge in [0.25, 0.3) is 0 Å². The molecule has 0 aromatic heterocycles. The van der Waals surface area contributed by atoms with Gasteiger partial charge in [0.1, 0.15) is 5.75 Å². The molecule has 0 saturated heterocycles. The van der Waals surface area contributed by atoms with Gasteiger partial charge in [0.2, 0.25) is 0 Å². The summed E-state index contributed by atoms with van der Waals surface area (Å²) in [5, 5.41) is 10.4. The second-order valence-electron chi connectivity index (χ2n) is 4.12. The fourth-order valence-corrected chi connectivity index (χ4v) is 1.93. The third-order valence-corrected chi connectivity index (χ3v) is 3.02. The van der Waals surface area contributed by atoms with Gasteiger partial charge in [-0.05, 0) is 31.7 Å². The molecule has 0 amide bonds. The highest BCUT2D eigenvalue weighted by molar-refractivity contribution is 5.38. The van der Waals surface area contributed by atoms with E-state index in [0.29, 0.717) is 5.92 Å². The molecule has 1 fully saturated rings. The zero-order valence-corrected chi connectivity index (χ0v) is 8.66. The van der Waals surface area contributed by atoms with E-state index >= 15 is 0 Å². The first-order valence-electron chi connectivity index (χ1n) is 5.02. The van der Waals surface area contributed by atoms with Crippen molar-refractivity contribution in [1.82, 2.24) is 0 Å². The Morgan fingerprint density at radius 3 is 2.57 bits per heavy atom. The molecule has 0 bridgehead atoms. The lowest BCUT2D eigenvalue weighted by molar-refractivity contribution is 0.0307. The van der Waals surface area contributed by atoms with E-state index in [9.17, 15) is 5.11 Å². The van der Waals surface area contributed by atoms with E-state index < -0.39 is 5.60 Å². The van der Waals surface area contributed by atoms with Crippen molar-refractivity contribution in [3.63, 3.8) is 0 Å². The van der Waals surface area contributed by atoms with Crippen LogP contribution in [-0.4, -0.2) is 12.2 Å². The summed E-state index contributed by atoms with van der Waals surface area (Å²) in [6.07, 6.45) is 2.23. The van der Waals surface area contributed by atoms with Crippen molar-refractivity contribution in [2.24, 2.45) is 5.92 Å². The predicted molar refractivity (Wildman–Crippen MR) is 55.3 cm³/mol. The van der Waals surface area contributed by atoms with Crippen molar-refractivity contribution < 1.29 is 9.84 Å². The molecule has 14 heavy (non-hydrogen) atoms. The Bertz CT molecular complexity index is 327. The topological polar surface area (TPSA) is 29.5 Å². The van der Waals surface area contributed by atoms with E-state index in [1.165, 1.54) is 0 Å². The molecule has 0 radical (unpaired) electrons. The monoisotopic (exact) mass is 192 g/mol. The largest absolute Gasteiger partial charge is 0.496 e. The van der Waals surface area contributed by atoms with E-state index in [1.807, 2.05) is 31.2 Å².